The topological polar surface area (TPSA) is 151 Å². The molecule has 11 nitrogen and oxygen atoms in total. The first-order chi connectivity index (χ1) is 15.3. The lowest BCUT2D eigenvalue weighted by Gasteiger charge is -2.17. The van der Waals surface area contributed by atoms with Gasteiger partial charge in [0.25, 0.3) is 11.2 Å². The van der Waals surface area contributed by atoms with Gasteiger partial charge >= 0.3 is 5.97 Å². The Morgan fingerprint density at radius 2 is 1.88 bits per heavy atom. The first-order valence-corrected chi connectivity index (χ1v) is 11.3. The number of nitro groups is 1. The first kappa shape index (κ1) is 23.0. The Kier molecular flexibility index (Phi) is 6.93. The van der Waals surface area contributed by atoms with Crippen LogP contribution in [0.1, 0.15) is 19.8 Å². The van der Waals surface area contributed by atoms with E-state index in [4.69, 9.17) is 4.74 Å². The molecule has 3 rings (SSSR count). The summed E-state index contributed by atoms with van der Waals surface area (Å²) in [7, 11) is -4.26. The second-order valence-electron chi connectivity index (χ2n) is 6.88. The van der Waals surface area contributed by atoms with Crippen molar-refractivity contribution < 1.29 is 22.9 Å². The molecule has 0 spiro atoms. The average molecular weight is 460 g/mol. The fourth-order valence-electron chi connectivity index (χ4n) is 3.03. The van der Waals surface area contributed by atoms with Crippen molar-refractivity contribution in [3.63, 3.8) is 0 Å². The van der Waals surface area contributed by atoms with Gasteiger partial charge in [0, 0.05) is 18.7 Å². The molecule has 1 unspecified atom stereocenters. The number of nitro benzene ring substituents is 1. The van der Waals surface area contributed by atoms with Crippen molar-refractivity contribution in [2.24, 2.45) is 0 Å². The van der Waals surface area contributed by atoms with Crippen molar-refractivity contribution in [1.82, 2.24) is 15.0 Å². The Morgan fingerprint density at radius 3 is 2.53 bits per heavy atom. The third kappa shape index (κ3) is 4.80. The maximum absolute atomic E-state index is 13.1. The summed E-state index contributed by atoms with van der Waals surface area (Å²) in [6.45, 7) is 1.59. The van der Waals surface area contributed by atoms with E-state index >= 15 is 0 Å². The number of rotatable bonds is 9. The van der Waals surface area contributed by atoms with Gasteiger partial charge in [0.1, 0.15) is 5.52 Å². The molecule has 3 aromatic rings. The zero-order valence-corrected chi connectivity index (χ0v) is 17.9. The smallest absolute Gasteiger partial charge is 0.324 e. The molecule has 0 bridgehead atoms. The van der Waals surface area contributed by atoms with Crippen LogP contribution in [0.2, 0.25) is 0 Å². The summed E-state index contributed by atoms with van der Waals surface area (Å²) in [5, 5.41) is 17.3. The standard InChI is InChI=1S/C20H20N4O7S/c1-2-13-31-20(26)18(32(29,30)15-9-7-14(8-10-15)24(27)28)11-12-23-19(25)16-5-3-4-6-17(16)21-22-23/h3-10,18H,2,11-13H2,1H3. The Bertz CT molecular complexity index is 1300. The van der Waals surface area contributed by atoms with E-state index in [-0.39, 0.29) is 30.2 Å². The summed E-state index contributed by atoms with van der Waals surface area (Å²) in [5.74, 6) is -0.966. The number of ether oxygens (including phenoxy) is 1. The molecule has 0 aliphatic carbocycles. The van der Waals surface area contributed by atoms with Crippen molar-refractivity contribution >= 4 is 32.4 Å². The van der Waals surface area contributed by atoms with Gasteiger partial charge in [-0.3, -0.25) is 19.7 Å². The molecule has 0 saturated carbocycles. The van der Waals surface area contributed by atoms with E-state index in [2.05, 4.69) is 10.3 Å². The molecule has 32 heavy (non-hydrogen) atoms. The lowest BCUT2D eigenvalue weighted by atomic mass is 10.2. The molecule has 0 aliphatic heterocycles. The first-order valence-electron chi connectivity index (χ1n) is 9.73. The van der Waals surface area contributed by atoms with Crippen LogP contribution < -0.4 is 5.56 Å². The largest absolute Gasteiger partial charge is 0.465 e. The number of hydrogen-bond donors (Lipinski definition) is 0. The number of carbonyl (C=O) groups is 1. The van der Waals surface area contributed by atoms with Gasteiger partial charge in [0.2, 0.25) is 0 Å². The van der Waals surface area contributed by atoms with Crippen molar-refractivity contribution in [2.45, 2.75) is 36.5 Å². The Hall–Kier alpha value is -3.67. The minimum absolute atomic E-state index is 0.0286. The number of nitrogens with zero attached hydrogens (tertiary/aromatic N) is 4. The molecule has 12 heteroatoms. The summed E-state index contributed by atoms with van der Waals surface area (Å²) in [6.07, 6.45) is 0.195. The summed E-state index contributed by atoms with van der Waals surface area (Å²) in [4.78, 5) is 35.1. The maximum Gasteiger partial charge on any atom is 0.324 e. The maximum atomic E-state index is 13.1. The van der Waals surface area contributed by atoms with Crippen LogP contribution in [0.3, 0.4) is 0 Å². The molecule has 0 N–H and O–H groups in total. The van der Waals surface area contributed by atoms with Gasteiger partial charge in [-0.1, -0.05) is 24.3 Å². The number of esters is 1. The number of carbonyl (C=O) groups excluding carboxylic acids is 1. The third-order valence-corrected chi connectivity index (χ3v) is 6.80. The molecular formula is C20H20N4O7S. The molecule has 1 heterocycles. The van der Waals surface area contributed by atoms with Gasteiger partial charge < -0.3 is 4.74 Å². The van der Waals surface area contributed by atoms with Gasteiger partial charge in [-0.25, -0.2) is 13.1 Å². The molecular weight excluding hydrogens is 440 g/mol. The molecule has 0 aliphatic rings. The van der Waals surface area contributed by atoms with Crippen LogP contribution in [0.4, 0.5) is 5.69 Å². The van der Waals surface area contributed by atoms with Gasteiger partial charge in [0.15, 0.2) is 15.1 Å². The molecule has 0 saturated heterocycles. The van der Waals surface area contributed by atoms with Gasteiger partial charge in [0.05, 0.1) is 21.8 Å². The van der Waals surface area contributed by atoms with E-state index < -0.39 is 31.5 Å². The second kappa shape index (κ2) is 9.64. The highest BCUT2D eigenvalue weighted by molar-refractivity contribution is 7.92. The van der Waals surface area contributed by atoms with E-state index in [0.717, 1.165) is 28.9 Å². The average Bonchev–Trinajstić information content (AvgIpc) is 2.79. The summed E-state index contributed by atoms with van der Waals surface area (Å²) >= 11 is 0. The zero-order chi connectivity index (χ0) is 23.3. The van der Waals surface area contributed by atoms with E-state index in [1.165, 1.54) is 0 Å². The highest BCUT2D eigenvalue weighted by Crippen LogP contribution is 2.23. The van der Waals surface area contributed by atoms with Crippen LogP contribution in [0.5, 0.6) is 0 Å². The van der Waals surface area contributed by atoms with Gasteiger partial charge in [-0.15, -0.1) is 5.10 Å². The molecule has 0 radical (unpaired) electrons. The Morgan fingerprint density at radius 1 is 1.19 bits per heavy atom. The molecule has 2 aromatic carbocycles. The van der Waals surface area contributed by atoms with Crippen LogP contribution in [0.15, 0.2) is 58.2 Å². The fraction of sp³-hybridized carbons (Fsp3) is 0.300. The normalized spacial score (nSPS) is 12.4. The summed E-state index contributed by atoms with van der Waals surface area (Å²) < 4.78 is 32.3. The minimum atomic E-state index is -4.26. The SMILES string of the molecule is CCCOC(=O)C(CCn1nnc2ccccc2c1=O)S(=O)(=O)c1ccc([N+](=O)[O-])cc1. The van der Waals surface area contributed by atoms with E-state index in [0.29, 0.717) is 17.3 Å². The third-order valence-electron chi connectivity index (χ3n) is 4.69. The molecule has 0 amide bonds. The van der Waals surface area contributed by atoms with E-state index in [1.807, 2.05) is 0 Å². The zero-order valence-electron chi connectivity index (χ0n) is 17.1. The lowest BCUT2D eigenvalue weighted by molar-refractivity contribution is -0.384. The predicted octanol–water partition coefficient (Wildman–Crippen LogP) is 1.89. The summed E-state index contributed by atoms with van der Waals surface area (Å²) in [6, 6.07) is 10.8. The van der Waals surface area contributed by atoms with Crippen molar-refractivity contribution in [3.8, 4) is 0 Å². The highest BCUT2D eigenvalue weighted by Gasteiger charge is 2.35. The van der Waals surface area contributed by atoms with Crippen LogP contribution in [-0.4, -0.2) is 46.2 Å². The molecule has 1 aromatic heterocycles. The highest BCUT2D eigenvalue weighted by atomic mass is 32.2. The van der Waals surface area contributed by atoms with Crippen LogP contribution in [0.25, 0.3) is 10.9 Å². The number of fused-ring (bicyclic) bond motifs is 1. The summed E-state index contributed by atoms with van der Waals surface area (Å²) in [5.41, 5.74) is -0.359. The van der Waals surface area contributed by atoms with Crippen LogP contribution in [0, 0.1) is 10.1 Å². The van der Waals surface area contributed by atoms with Crippen molar-refractivity contribution in [2.75, 3.05) is 6.61 Å². The monoisotopic (exact) mass is 460 g/mol. The van der Waals surface area contributed by atoms with Crippen molar-refractivity contribution in [3.05, 3.63) is 69.0 Å². The second-order valence-corrected chi connectivity index (χ2v) is 9.01. The van der Waals surface area contributed by atoms with Crippen molar-refractivity contribution in [1.29, 1.82) is 0 Å². The van der Waals surface area contributed by atoms with Gasteiger partial charge in [-0.05, 0) is 37.1 Å². The number of sulfone groups is 1. The number of benzene rings is 2. The van der Waals surface area contributed by atoms with Crippen LogP contribution >= 0.6 is 0 Å². The predicted molar refractivity (Wildman–Crippen MR) is 114 cm³/mol. The number of aryl methyl sites for hydroxylation is 1. The molecule has 168 valence electrons. The minimum Gasteiger partial charge on any atom is -0.465 e. The number of hydrogen-bond acceptors (Lipinski definition) is 9. The van der Waals surface area contributed by atoms with E-state index in [9.17, 15) is 28.1 Å². The van der Waals surface area contributed by atoms with Gasteiger partial charge in [-0.2, -0.15) is 0 Å². The lowest BCUT2D eigenvalue weighted by Crippen LogP contribution is -2.35. The van der Waals surface area contributed by atoms with Crippen LogP contribution in [-0.2, 0) is 25.9 Å². The number of non-ortho nitro benzene ring substituents is 1. The molecule has 0 fully saturated rings. The fourth-order valence-corrected chi connectivity index (χ4v) is 4.61. The number of aromatic nitrogens is 3. The quantitative estimate of drug-likeness (QED) is 0.265. The van der Waals surface area contributed by atoms with E-state index in [1.54, 1.807) is 31.2 Å². The Labute approximate surface area is 182 Å². The molecule has 1 atom stereocenters. The Balaban J connectivity index is 1.92.